The van der Waals surface area contributed by atoms with Crippen molar-refractivity contribution >= 4 is 21.6 Å². The molecule has 1 saturated heterocycles. The molecular formula is C20H24N2O4S. The fourth-order valence-corrected chi connectivity index (χ4v) is 4.84. The van der Waals surface area contributed by atoms with Gasteiger partial charge in [0.1, 0.15) is 5.75 Å². The highest BCUT2D eigenvalue weighted by molar-refractivity contribution is 7.92. The van der Waals surface area contributed by atoms with E-state index in [1.807, 2.05) is 24.3 Å². The number of hydrogen-bond acceptors (Lipinski definition) is 4. The first-order valence-corrected chi connectivity index (χ1v) is 10.5. The number of methoxy groups -OCH3 is 1. The number of carbonyl (C=O) groups is 1. The number of amides is 1. The van der Waals surface area contributed by atoms with Crippen LogP contribution in [0.5, 0.6) is 5.75 Å². The molecule has 6 nitrogen and oxygen atoms in total. The number of anilines is 1. The Morgan fingerprint density at radius 2 is 1.93 bits per heavy atom. The average Bonchev–Trinajstić information content (AvgIpc) is 2.67. The van der Waals surface area contributed by atoms with Crippen LogP contribution < -0.4 is 9.04 Å². The topological polar surface area (TPSA) is 66.9 Å². The van der Waals surface area contributed by atoms with Crippen LogP contribution in [-0.2, 0) is 16.6 Å². The summed E-state index contributed by atoms with van der Waals surface area (Å²) in [5.41, 5.74) is 1.98. The van der Waals surface area contributed by atoms with Crippen LogP contribution in [0.25, 0.3) is 0 Å². The van der Waals surface area contributed by atoms with E-state index < -0.39 is 10.0 Å². The first-order valence-electron chi connectivity index (χ1n) is 8.89. The smallest absolute Gasteiger partial charge is 0.253 e. The zero-order valence-corrected chi connectivity index (χ0v) is 16.4. The van der Waals surface area contributed by atoms with E-state index in [9.17, 15) is 13.2 Å². The van der Waals surface area contributed by atoms with Crippen molar-refractivity contribution in [1.29, 1.82) is 0 Å². The lowest BCUT2D eigenvalue weighted by Gasteiger charge is -2.28. The number of ether oxygens (including phenoxy) is 1. The predicted molar refractivity (Wildman–Crippen MR) is 106 cm³/mol. The molecule has 1 amide bonds. The Hall–Kier alpha value is -2.54. The van der Waals surface area contributed by atoms with Gasteiger partial charge in [-0.15, -0.1) is 0 Å². The van der Waals surface area contributed by atoms with Crippen LogP contribution in [-0.4, -0.2) is 45.7 Å². The molecule has 0 saturated carbocycles. The van der Waals surface area contributed by atoms with Crippen molar-refractivity contribution in [2.45, 2.75) is 19.4 Å². The van der Waals surface area contributed by atoms with Crippen LogP contribution in [0.4, 0.5) is 5.69 Å². The van der Waals surface area contributed by atoms with E-state index in [0.717, 1.165) is 17.7 Å². The van der Waals surface area contributed by atoms with Crippen molar-refractivity contribution in [3.63, 3.8) is 0 Å². The Kier molecular flexibility index (Phi) is 5.70. The normalized spacial score (nSPS) is 16.0. The summed E-state index contributed by atoms with van der Waals surface area (Å²) in [5, 5.41) is 0. The summed E-state index contributed by atoms with van der Waals surface area (Å²) >= 11 is 0. The molecule has 0 spiro atoms. The molecule has 0 unspecified atom stereocenters. The minimum atomic E-state index is -3.30. The fraction of sp³-hybridized carbons (Fsp3) is 0.350. The summed E-state index contributed by atoms with van der Waals surface area (Å²) in [6.45, 7) is 0.891. The van der Waals surface area contributed by atoms with Gasteiger partial charge in [0.05, 0.1) is 18.6 Å². The maximum atomic E-state index is 12.8. The van der Waals surface area contributed by atoms with Gasteiger partial charge < -0.3 is 9.64 Å². The standard InChI is InChI=1S/C20H24N2O4S/c1-21(15-16-7-5-10-19(13-16)26-2)20(23)17-8-6-9-18(14-17)22-11-3-4-12-27(22,24)25/h5-10,13-14H,3-4,11-12,15H2,1-2H3. The monoisotopic (exact) mass is 388 g/mol. The van der Waals surface area contributed by atoms with Gasteiger partial charge in [0.15, 0.2) is 0 Å². The molecule has 0 aliphatic carbocycles. The molecule has 7 heteroatoms. The van der Waals surface area contributed by atoms with Crippen LogP contribution in [0.1, 0.15) is 28.8 Å². The molecule has 0 radical (unpaired) electrons. The van der Waals surface area contributed by atoms with Crippen LogP contribution in [0.2, 0.25) is 0 Å². The van der Waals surface area contributed by atoms with Gasteiger partial charge in [-0.1, -0.05) is 18.2 Å². The largest absolute Gasteiger partial charge is 0.497 e. The summed E-state index contributed by atoms with van der Waals surface area (Å²) in [6, 6.07) is 14.4. The lowest BCUT2D eigenvalue weighted by atomic mass is 10.1. The highest BCUT2D eigenvalue weighted by atomic mass is 32.2. The second kappa shape index (κ2) is 8.00. The fourth-order valence-electron chi connectivity index (χ4n) is 3.21. The van der Waals surface area contributed by atoms with Gasteiger partial charge in [-0.3, -0.25) is 9.10 Å². The third kappa shape index (κ3) is 4.42. The van der Waals surface area contributed by atoms with Crippen molar-refractivity contribution in [2.75, 3.05) is 30.8 Å². The number of nitrogens with zero attached hydrogens (tertiary/aromatic N) is 2. The summed E-state index contributed by atoms with van der Waals surface area (Å²) in [5.74, 6) is 0.737. The molecule has 1 fully saturated rings. The SMILES string of the molecule is COc1cccc(CN(C)C(=O)c2cccc(N3CCCCS3(=O)=O)c2)c1. The van der Waals surface area contributed by atoms with Crippen molar-refractivity contribution in [1.82, 2.24) is 4.90 Å². The second-order valence-corrected chi connectivity index (χ2v) is 8.67. The van der Waals surface area contributed by atoms with Gasteiger partial charge in [-0.05, 0) is 48.7 Å². The molecule has 0 bridgehead atoms. The third-order valence-corrected chi connectivity index (χ3v) is 6.50. The van der Waals surface area contributed by atoms with Crippen molar-refractivity contribution in [3.05, 3.63) is 59.7 Å². The Morgan fingerprint density at radius 1 is 1.15 bits per heavy atom. The van der Waals surface area contributed by atoms with E-state index in [-0.39, 0.29) is 11.7 Å². The van der Waals surface area contributed by atoms with E-state index in [1.165, 1.54) is 4.31 Å². The minimum Gasteiger partial charge on any atom is -0.497 e. The van der Waals surface area contributed by atoms with Crippen molar-refractivity contribution in [2.24, 2.45) is 0 Å². The van der Waals surface area contributed by atoms with E-state index in [2.05, 4.69) is 0 Å². The third-order valence-electron chi connectivity index (χ3n) is 4.63. The first kappa shape index (κ1) is 19.2. The molecular weight excluding hydrogens is 364 g/mol. The molecule has 3 rings (SSSR count). The highest BCUT2D eigenvalue weighted by Gasteiger charge is 2.26. The van der Waals surface area contributed by atoms with Gasteiger partial charge in [0, 0.05) is 25.7 Å². The molecule has 0 aromatic heterocycles. The zero-order valence-electron chi connectivity index (χ0n) is 15.6. The van der Waals surface area contributed by atoms with Gasteiger partial charge >= 0.3 is 0 Å². The lowest BCUT2D eigenvalue weighted by Crippen LogP contribution is -2.38. The van der Waals surface area contributed by atoms with E-state index >= 15 is 0 Å². The average molecular weight is 388 g/mol. The summed E-state index contributed by atoms with van der Waals surface area (Å²) in [4.78, 5) is 14.4. The number of hydrogen-bond donors (Lipinski definition) is 0. The maximum absolute atomic E-state index is 12.8. The Bertz CT molecular complexity index is 927. The second-order valence-electron chi connectivity index (χ2n) is 6.66. The minimum absolute atomic E-state index is 0.154. The van der Waals surface area contributed by atoms with E-state index in [4.69, 9.17) is 4.74 Å². The molecule has 2 aromatic carbocycles. The molecule has 27 heavy (non-hydrogen) atoms. The summed E-state index contributed by atoms with van der Waals surface area (Å²) in [7, 11) is 0.0326. The van der Waals surface area contributed by atoms with Gasteiger partial charge in [-0.2, -0.15) is 0 Å². The Labute approximate surface area is 160 Å². The van der Waals surface area contributed by atoms with Crippen LogP contribution in [0.3, 0.4) is 0 Å². The molecule has 2 aromatic rings. The number of carbonyl (C=O) groups excluding carboxylic acids is 1. The first-order chi connectivity index (χ1) is 12.9. The molecule has 1 aliphatic rings. The molecule has 144 valence electrons. The predicted octanol–water partition coefficient (Wildman–Crippen LogP) is 2.90. The summed E-state index contributed by atoms with van der Waals surface area (Å²) < 4.78 is 31.3. The van der Waals surface area contributed by atoms with Gasteiger partial charge in [-0.25, -0.2) is 8.42 Å². The van der Waals surface area contributed by atoms with Crippen LogP contribution >= 0.6 is 0 Å². The Balaban J connectivity index is 1.78. The van der Waals surface area contributed by atoms with Crippen LogP contribution in [0, 0.1) is 0 Å². The number of rotatable bonds is 5. The Morgan fingerprint density at radius 3 is 2.67 bits per heavy atom. The molecule has 0 atom stereocenters. The van der Waals surface area contributed by atoms with E-state index in [1.54, 1.807) is 43.3 Å². The number of sulfonamides is 1. The molecule has 1 heterocycles. The highest BCUT2D eigenvalue weighted by Crippen LogP contribution is 2.25. The zero-order chi connectivity index (χ0) is 19.4. The lowest BCUT2D eigenvalue weighted by molar-refractivity contribution is 0.0785. The van der Waals surface area contributed by atoms with Crippen LogP contribution in [0.15, 0.2) is 48.5 Å². The quantitative estimate of drug-likeness (QED) is 0.790. The maximum Gasteiger partial charge on any atom is 0.253 e. The molecule has 1 aliphatic heterocycles. The van der Waals surface area contributed by atoms with Crippen molar-refractivity contribution in [3.8, 4) is 5.75 Å². The number of benzene rings is 2. The van der Waals surface area contributed by atoms with E-state index in [0.29, 0.717) is 30.8 Å². The summed E-state index contributed by atoms with van der Waals surface area (Å²) in [6.07, 6.45) is 1.51. The molecule has 0 N–H and O–H groups in total. The van der Waals surface area contributed by atoms with Gasteiger partial charge in [0.25, 0.3) is 5.91 Å². The van der Waals surface area contributed by atoms with Crippen molar-refractivity contribution < 1.29 is 17.9 Å². The van der Waals surface area contributed by atoms with Gasteiger partial charge in [0.2, 0.25) is 10.0 Å².